The van der Waals surface area contributed by atoms with Gasteiger partial charge in [-0.2, -0.15) is 11.8 Å². The van der Waals surface area contributed by atoms with Crippen molar-refractivity contribution in [2.45, 2.75) is 24.6 Å². The first-order chi connectivity index (χ1) is 6.85. The number of aliphatic hydroxyl groups is 2. The third-order valence-electron chi connectivity index (χ3n) is 1.89. The van der Waals surface area contributed by atoms with Crippen molar-refractivity contribution in [1.82, 2.24) is 0 Å². The summed E-state index contributed by atoms with van der Waals surface area (Å²) in [5.74, 6) is 0.402. The zero-order valence-electron chi connectivity index (χ0n) is 7.89. The Morgan fingerprint density at radius 3 is 2.47 bits per heavy atom. The molecule has 0 spiro atoms. The van der Waals surface area contributed by atoms with E-state index >= 15 is 0 Å². The van der Waals surface area contributed by atoms with Crippen molar-refractivity contribution in [2.24, 2.45) is 0 Å². The summed E-state index contributed by atoms with van der Waals surface area (Å²) in [6, 6.07) is 0. The van der Waals surface area contributed by atoms with Gasteiger partial charge in [0.1, 0.15) is 12.2 Å². The molecule has 0 amide bonds. The molecule has 0 bridgehead atoms. The van der Waals surface area contributed by atoms with Gasteiger partial charge in [0.05, 0.1) is 6.10 Å². The summed E-state index contributed by atoms with van der Waals surface area (Å²) in [6.45, 7) is 0. The fraction of sp³-hybridized carbons (Fsp3) is 1.00. The topological polar surface area (TPSA) is 116 Å². The molecular formula is C6H13O7PS. The predicted octanol–water partition coefficient (Wildman–Crippen LogP) is -1.09. The molecule has 0 aromatic rings. The van der Waals surface area contributed by atoms with Gasteiger partial charge in [0.2, 0.25) is 0 Å². The summed E-state index contributed by atoms with van der Waals surface area (Å²) in [5.41, 5.74) is 0. The van der Waals surface area contributed by atoms with Crippen LogP contribution in [0.1, 0.15) is 0 Å². The van der Waals surface area contributed by atoms with Crippen LogP contribution in [0.4, 0.5) is 0 Å². The van der Waals surface area contributed by atoms with Crippen LogP contribution in [0.5, 0.6) is 0 Å². The molecule has 1 fully saturated rings. The molecule has 4 atom stereocenters. The molecule has 1 rings (SSSR count). The molecule has 0 aliphatic carbocycles. The van der Waals surface area contributed by atoms with Gasteiger partial charge in [0, 0.05) is 5.75 Å². The van der Waals surface area contributed by atoms with E-state index in [0.717, 1.165) is 0 Å². The number of hydrogen-bond acceptors (Lipinski definition) is 6. The van der Waals surface area contributed by atoms with Crippen LogP contribution in [0.2, 0.25) is 0 Å². The second-order valence-electron chi connectivity index (χ2n) is 3.08. The molecule has 15 heavy (non-hydrogen) atoms. The summed E-state index contributed by atoms with van der Waals surface area (Å²) >= 11 is 1.38. The number of phosphoric acid groups is 1. The molecule has 90 valence electrons. The Balaban J connectivity index is 2.59. The molecule has 4 N–H and O–H groups in total. The van der Waals surface area contributed by atoms with Gasteiger partial charge in [-0.3, -0.25) is 4.52 Å². The molecule has 1 aliphatic heterocycles. The summed E-state index contributed by atoms with van der Waals surface area (Å²) in [7, 11) is -4.73. The van der Waals surface area contributed by atoms with E-state index in [4.69, 9.17) is 14.5 Å². The minimum absolute atomic E-state index is 0.402. The first-order valence-corrected chi connectivity index (χ1v) is 7.02. The molecular weight excluding hydrogens is 247 g/mol. The maximum Gasteiger partial charge on any atom is 0.472 e. The van der Waals surface area contributed by atoms with Crippen LogP contribution >= 0.6 is 19.6 Å². The van der Waals surface area contributed by atoms with Crippen molar-refractivity contribution in [3.8, 4) is 0 Å². The quantitative estimate of drug-likeness (QED) is 0.471. The fourth-order valence-electron chi connectivity index (χ4n) is 1.24. The highest BCUT2D eigenvalue weighted by molar-refractivity contribution is 7.98. The Morgan fingerprint density at radius 2 is 2.00 bits per heavy atom. The van der Waals surface area contributed by atoms with E-state index in [1.165, 1.54) is 11.8 Å². The Labute approximate surface area is 90.6 Å². The molecule has 0 aromatic carbocycles. The van der Waals surface area contributed by atoms with Crippen molar-refractivity contribution in [1.29, 1.82) is 0 Å². The number of aliphatic hydroxyl groups excluding tert-OH is 2. The van der Waals surface area contributed by atoms with Gasteiger partial charge in [-0.25, -0.2) is 4.57 Å². The van der Waals surface area contributed by atoms with E-state index in [9.17, 15) is 14.8 Å². The van der Waals surface area contributed by atoms with E-state index in [1.54, 1.807) is 6.26 Å². The smallest absolute Gasteiger partial charge is 0.387 e. The van der Waals surface area contributed by atoms with E-state index in [-0.39, 0.29) is 0 Å². The number of rotatable bonds is 4. The van der Waals surface area contributed by atoms with Gasteiger partial charge < -0.3 is 24.7 Å². The van der Waals surface area contributed by atoms with E-state index in [1.807, 2.05) is 0 Å². The molecule has 1 unspecified atom stereocenters. The molecule has 1 heterocycles. The van der Waals surface area contributed by atoms with Gasteiger partial charge in [0.25, 0.3) is 0 Å². The fourth-order valence-corrected chi connectivity index (χ4v) is 2.29. The minimum Gasteiger partial charge on any atom is -0.387 e. The Morgan fingerprint density at radius 1 is 1.40 bits per heavy atom. The van der Waals surface area contributed by atoms with Crippen LogP contribution in [0.3, 0.4) is 0 Å². The zero-order valence-corrected chi connectivity index (χ0v) is 9.60. The number of hydrogen-bond donors (Lipinski definition) is 4. The standard InChI is InChI=1S/C6H13O7PS/c1-15-2-3-4(7)5(8)6(12-3)13-14(9,10)11/h3-8H,2H2,1H3,(H2,9,10,11)/t3-,4-,5-,6?/m1/s1. The lowest BCUT2D eigenvalue weighted by molar-refractivity contribution is -0.116. The molecule has 0 radical (unpaired) electrons. The first-order valence-electron chi connectivity index (χ1n) is 4.09. The van der Waals surface area contributed by atoms with Crippen molar-refractivity contribution >= 4 is 19.6 Å². The Bertz CT molecular complexity index is 256. The van der Waals surface area contributed by atoms with Crippen LogP contribution in [0.25, 0.3) is 0 Å². The molecule has 7 nitrogen and oxygen atoms in total. The lowest BCUT2D eigenvalue weighted by Gasteiger charge is -2.15. The third-order valence-corrected chi connectivity index (χ3v) is 3.04. The number of thioether (sulfide) groups is 1. The molecule has 1 aliphatic rings. The molecule has 1 saturated heterocycles. The summed E-state index contributed by atoms with van der Waals surface area (Å²) in [6.07, 6.45) is -3.05. The average molecular weight is 260 g/mol. The van der Waals surface area contributed by atoms with Crippen molar-refractivity contribution in [3.05, 3.63) is 0 Å². The molecule has 9 heteroatoms. The first kappa shape index (κ1) is 13.4. The second kappa shape index (κ2) is 5.11. The lowest BCUT2D eigenvalue weighted by Crippen LogP contribution is -2.33. The largest absolute Gasteiger partial charge is 0.472 e. The Hall–Kier alpha value is 0.340. The highest BCUT2D eigenvalue weighted by Gasteiger charge is 2.45. The van der Waals surface area contributed by atoms with Gasteiger partial charge in [-0.1, -0.05) is 0 Å². The van der Waals surface area contributed by atoms with Crippen molar-refractivity contribution < 1.29 is 33.8 Å². The normalized spacial score (nSPS) is 37.1. The van der Waals surface area contributed by atoms with Crippen LogP contribution in [0, 0.1) is 0 Å². The maximum atomic E-state index is 10.5. The van der Waals surface area contributed by atoms with Gasteiger partial charge >= 0.3 is 7.82 Å². The van der Waals surface area contributed by atoms with Crippen LogP contribution < -0.4 is 0 Å². The summed E-state index contributed by atoms with van der Waals surface area (Å²) in [4.78, 5) is 17.0. The minimum atomic E-state index is -4.73. The monoisotopic (exact) mass is 260 g/mol. The van der Waals surface area contributed by atoms with Gasteiger partial charge in [0.15, 0.2) is 6.29 Å². The predicted molar refractivity (Wildman–Crippen MR) is 52.2 cm³/mol. The van der Waals surface area contributed by atoms with Crippen LogP contribution in [-0.4, -0.2) is 56.6 Å². The van der Waals surface area contributed by atoms with E-state index in [0.29, 0.717) is 5.75 Å². The number of phosphoric ester groups is 1. The maximum absolute atomic E-state index is 10.5. The molecule has 0 saturated carbocycles. The van der Waals surface area contributed by atoms with Gasteiger partial charge in [-0.15, -0.1) is 0 Å². The summed E-state index contributed by atoms with van der Waals surface area (Å²) < 4.78 is 19.6. The third kappa shape index (κ3) is 3.69. The molecule has 0 aromatic heterocycles. The summed E-state index contributed by atoms with van der Waals surface area (Å²) in [5, 5.41) is 18.8. The SMILES string of the molecule is CSC[C@H]1OC(OP(=O)(O)O)[C@H](O)[C@@H]1O. The van der Waals surface area contributed by atoms with Crippen molar-refractivity contribution in [3.63, 3.8) is 0 Å². The highest BCUT2D eigenvalue weighted by Crippen LogP contribution is 2.41. The highest BCUT2D eigenvalue weighted by atomic mass is 32.2. The van der Waals surface area contributed by atoms with Gasteiger partial charge in [-0.05, 0) is 6.26 Å². The van der Waals surface area contributed by atoms with E-state index in [2.05, 4.69) is 4.52 Å². The van der Waals surface area contributed by atoms with E-state index < -0.39 is 32.4 Å². The lowest BCUT2D eigenvalue weighted by atomic mass is 10.2. The van der Waals surface area contributed by atoms with Crippen LogP contribution in [0.15, 0.2) is 0 Å². The van der Waals surface area contributed by atoms with Crippen LogP contribution in [-0.2, 0) is 13.8 Å². The van der Waals surface area contributed by atoms with Crippen molar-refractivity contribution in [2.75, 3.05) is 12.0 Å². The zero-order chi connectivity index (χ0) is 11.6. The Kier molecular flexibility index (Phi) is 4.57. The average Bonchev–Trinajstić information content (AvgIpc) is 2.32. The number of ether oxygens (including phenoxy) is 1. The second-order valence-corrected chi connectivity index (χ2v) is 5.18.